The Hall–Kier alpha value is -3.20. The van der Waals surface area contributed by atoms with Gasteiger partial charge in [0, 0.05) is 38.1 Å². The van der Waals surface area contributed by atoms with Crippen LogP contribution in [0.2, 0.25) is 0 Å². The maximum absolute atomic E-state index is 6.13. The molecule has 0 amide bonds. The van der Waals surface area contributed by atoms with Gasteiger partial charge in [0.25, 0.3) is 0 Å². The number of hydrogen-bond acceptors (Lipinski definition) is 8. The van der Waals surface area contributed by atoms with Gasteiger partial charge in [-0.05, 0) is 48.0 Å². The molecule has 0 spiro atoms. The van der Waals surface area contributed by atoms with Crippen molar-refractivity contribution in [3.63, 3.8) is 0 Å². The van der Waals surface area contributed by atoms with Crippen molar-refractivity contribution in [3.8, 4) is 17.0 Å². The quantitative estimate of drug-likeness (QED) is 0.530. The van der Waals surface area contributed by atoms with E-state index in [0.717, 1.165) is 23.6 Å². The minimum absolute atomic E-state index is 0.00212. The van der Waals surface area contributed by atoms with E-state index in [-0.39, 0.29) is 24.3 Å². The number of methoxy groups -OCH3 is 1. The Labute approximate surface area is 200 Å². The SMILES string of the molecule is COc1ccc(-c2ccnc(N[C@H]3CO[C@H]4[C@@H]3OC[C@@H]4NCc3ccc(N(C)C)cc3)n2)cc1. The number of benzene rings is 2. The summed E-state index contributed by atoms with van der Waals surface area (Å²) in [4.78, 5) is 11.2. The van der Waals surface area contributed by atoms with E-state index in [1.54, 1.807) is 13.3 Å². The molecule has 5 rings (SSSR count). The van der Waals surface area contributed by atoms with Gasteiger partial charge in [0.1, 0.15) is 18.0 Å². The van der Waals surface area contributed by atoms with Crippen LogP contribution in [0.4, 0.5) is 11.6 Å². The third kappa shape index (κ3) is 4.84. The fourth-order valence-corrected chi connectivity index (χ4v) is 4.48. The van der Waals surface area contributed by atoms with Crippen LogP contribution in [-0.4, -0.2) is 68.7 Å². The normalized spacial score (nSPS) is 23.5. The molecule has 2 aliphatic heterocycles. The van der Waals surface area contributed by atoms with Crippen LogP contribution in [0.5, 0.6) is 5.75 Å². The monoisotopic (exact) mass is 461 g/mol. The van der Waals surface area contributed by atoms with E-state index in [9.17, 15) is 0 Å². The zero-order chi connectivity index (χ0) is 23.5. The van der Waals surface area contributed by atoms with E-state index >= 15 is 0 Å². The Balaban J connectivity index is 1.18. The van der Waals surface area contributed by atoms with Crippen LogP contribution >= 0.6 is 0 Å². The number of aromatic nitrogens is 2. The first kappa shape index (κ1) is 22.6. The summed E-state index contributed by atoms with van der Waals surface area (Å²) in [7, 11) is 5.75. The average Bonchev–Trinajstić information content (AvgIpc) is 3.46. The summed E-state index contributed by atoms with van der Waals surface area (Å²) in [5, 5.41) is 7.04. The molecule has 0 aliphatic carbocycles. The molecule has 34 heavy (non-hydrogen) atoms. The van der Waals surface area contributed by atoms with Gasteiger partial charge in [-0.15, -0.1) is 0 Å². The molecule has 8 nitrogen and oxygen atoms in total. The van der Waals surface area contributed by atoms with Gasteiger partial charge in [-0.1, -0.05) is 12.1 Å². The van der Waals surface area contributed by atoms with E-state index in [1.165, 1.54) is 11.3 Å². The van der Waals surface area contributed by atoms with Crippen LogP contribution in [0.1, 0.15) is 5.56 Å². The molecule has 8 heteroatoms. The van der Waals surface area contributed by atoms with Crippen LogP contribution < -0.4 is 20.3 Å². The summed E-state index contributed by atoms with van der Waals surface area (Å²) in [6, 6.07) is 18.5. The van der Waals surface area contributed by atoms with Gasteiger partial charge in [-0.2, -0.15) is 0 Å². The second kappa shape index (κ2) is 9.97. The molecule has 3 aromatic rings. The van der Waals surface area contributed by atoms with Crippen molar-refractivity contribution in [3.05, 3.63) is 66.4 Å². The van der Waals surface area contributed by atoms with Crippen molar-refractivity contribution in [2.75, 3.05) is 44.6 Å². The van der Waals surface area contributed by atoms with Crippen molar-refractivity contribution >= 4 is 11.6 Å². The number of rotatable bonds is 8. The second-order valence-corrected chi connectivity index (χ2v) is 8.89. The van der Waals surface area contributed by atoms with Crippen molar-refractivity contribution in [1.29, 1.82) is 0 Å². The molecular formula is C26H31N5O3. The van der Waals surface area contributed by atoms with Gasteiger partial charge in [0.15, 0.2) is 0 Å². The maximum Gasteiger partial charge on any atom is 0.223 e. The van der Waals surface area contributed by atoms with E-state index < -0.39 is 0 Å². The predicted molar refractivity (Wildman–Crippen MR) is 132 cm³/mol. The van der Waals surface area contributed by atoms with E-state index in [0.29, 0.717) is 19.2 Å². The molecule has 178 valence electrons. The topological polar surface area (TPSA) is 80.8 Å². The van der Waals surface area contributed by atoms with Crippen molar-refractivity contribution in [2.45, 2.75) is 30.8 Å². The first-order valence-electron chi connectivity index (χ1n) is 11.6. The molecule has 2 aliphatic rings. The van der Waals surface area contributed by atoms with Gasteiger partial charge in [-0.25, -0.2) is 9.97 Å². The maximum atomic E-state index is 6.13. The fourth-order valence-electron chi connectivity index (χ4n) is 4.48. The summed E-state index contributed by atoms with van der Waals surface area (Å²) in [5.74, 6) is 1.39. The lowest BCUT2D eigenvalue weighted by atomic mass is 10.1. The number of anilines is 2. The number of fused-ring (bicyclic) bond motifs is 1. The van der Waals surface area contributed by atoms with Gasteiger partial charge in [0.2, 0.25) is 5.95 Å². The summed E-state index contributed by atoms with van der Waals surface area (Å²) in [6.07, 6.45) is 1.73. The molecule has 2 saturated heterocycles. The third-order valence-corrected chi connectivity index (χ3v) is 6.43. The van der Waals surface area contributed by atoms with Gasteiger partial charge >= 0.3 is 0 Å². The van der Waals surface area contributed by atoms with Crippen LogP contribution in [0, 0.1) is 0 Å². The van der Waals surface area contributed by atoms with Gasteiger partial charge in [-0.3, -0.25) is 0 Å². The van der Waals surface area contributed by atoms with Crippen LogP contribution in [-0.2, 0) is 16.0 Å². The highest BCUT2D eigenvalue weighted by Crippen LogP contribution is 2.29. The lowest BCUT2D eigenvalue weighted by Crippen LogP contribution is -2.41. The predicted octanol–water partition coefficient (Wildman–Crippen LogP) is 2.95. The van der Waals surface area contributed by atoms with Crippen LogP contribution in [0.15, 0.2) is 60.8 Å². The molecule has 4 atom stereocenters. The van der Waals surface area contributed by atoms with E-state index in [1.807, 2.05) is 44.4 Å². The minimum atomic E-state index is -0.0399. The highest BCUT2D eigenvalue weighted by Gasteiger charge is 2.47. The molecule has 2 aromatic carbocycles. The second-order valence-electron chi connectivity index (χ2n) is 8.89. The molecule has 0 saturated carbocycles. The Morgan fingerprint density at radius 1 is 0.941 bits per heavy atom. The Bertz CT molecular complexity index is 1090. The smallest absolute Gasteiger partial charge is 0.223 e. The Morgan fingerprint density at radius 2 is 1.65 bits per heavy atom. The highest BCUT2D eigenvalue weighted by molar-refractivity contribution is 5.61. The van der Waals surface area contributed by atoms with Gasteiger partial charge < -0.3 is 29.7 Å². The minimum Gasteiger partial charge on any atom is -0.497 e. The summed E-state index contributed by atoms with van der Waals surface area (Å²) >= 11 is 0. The summed E-state index contributed by atoms with van der Waals surface area (Å²) < 4.78 is 17.5. The molecule has 3 heterocycles. The fraction of sp³-hybridized carbons (Fsp3) is 0.385. The highest BCUT2D eigenvalue weighted by atomic mass is 16.6. The van der Waals surface area contributed by atoms with Crippen molar-refractivity contribution in [1.82, 2.24) is 15.3 Å². The first-order valence-corrected chi connectivity index (χ1v) is 11.6. The third-order valence-electron chi connectivity index (χ3n) is 6.43. The zero-order valence-corrected chi connectivity index (χ0v) is 19.8. The standard InChI is InChI=1S/C26H31N5O3/c1-31(2)19-8-4-17(5-9-19)14-28-22-15-33-25-23(16-34-24(22)25)30-26-27-13-12-21(29-26)18-6-10-20(32-3)11-7-18/h4-13,22-25,28H,14-16H2,1-3H3,(H,27,29,30)/t22-,23-,24+,25+/m0/s1. The first-order chi connectivity index (χ1) is 16.6. The van der Waals surface area contributed by atoms with Gasteiger partial charge in [0.05, 0.1) is 38.1 Å². The Kier molecular flexibility index (Phi) is 6.62. The number of nitrogens with zero attached hydrogens (tertiary/aromatic N) is 3. The molecule has 2 fully saturated rings. The summed E-state index contributed by atoms with van der Waals surface area (Å²) in [6.45, 7) is 1.95. The molecule has 0 radical (unpaired) electrons. The van der Waals surface area contributed by atoms with E-state index in [4.69, 9.17) is 19.2 Å². The number of nitrogens with one attached hydrogen (secondary N) is 2. The summed E-state index contributed by atoms with van der Waals surface area (Å²) in [5.41, 5.74) is 4.29. The number of ether oxygens (including phenoxy) is 3. The lowest BCUT2D eigenvalue weighted by molar-refractivity contribution is 0.0675. The molecular weight excluding hydrogens is 430 g/mol. The van der Waals surface area contributed by atoms with Crippen molar-refractivity contribution < 1.29 is 14.2 Å². The molecule has 0 bridgehead atoms. The molecule has 1 aromatic heterocycles. The van der Waals surface area contributed by atoms with Crippen LogP contribution in [0.25, 0.3) is 11.3 Å². The zero-order valence-electron chi connectivity index (χ0n) is 19.8. The van der Waals surface area contributed by atoms with E-state index in [2.05, 4.69) is 44.8 Å². The largest absolute Gasteiger partial charge is 0.497 e. The van der Waals surface area contributed by atoms with Crippen molar-refractivity contribution in [2.24, 2.45) is 0 Å². The average molecular weight is 462 g/mol. The Morgan fingerprint density at radius 3 is 2.35 bits per heavy atom. The number of hydrogen-bond donors (Lipinski definition) is 2. The van der Waals surface area contributed by atoms with Crippen LogP contribution in [0.3, 0.4) is 0 Å². The molecule has 0 unspecified atom stereocenters. The molecule has 2 N–H and O–H groups in total. The lowest BCUT2D eigenvalue weighted by Gasteiger charge is -2.19.